The normalized spacial score (nSPS) is 10.4. The maximum atomic E-state index is 12.6. The molecular formula is C17H19NO2. The molecule has 0 saturated heterocycles. The van der Waals surface area contributed by atoms with Gasteiger partial charge in [-0.25, -0.2) is 0 Å². The van der Waals surface area contributed by atoms with Gasteiger partial charge >= 0.3 is 0 Å². The van der Waals surface area contributed by atoms with Gasteiger partial charge in [0.15, 0.2) is 5.78 Å². The average molecular weight is 269 g/mol. The number of benzene rings is 2. The Morgan fingerprint density at radius 1 is 1.15 bits per heavy atom. The van der Waals surface area contributed by atoms with Gasteiger partial charge in [-0.3, -0.25) is 4.79 Å². The number of rotatable bonds is 4. The molecule has 0 aliphatic heterocycles. The molecule has 0 spiro atoms. The fourth-order valence-electron chi connectivity index (χ4n) is 2.25. The summed E-state index contributed by atoms with van der Waals surface area (Å²) in [7, 11) is 1.63. The molecule has 0 aromatic heterocycles. The minimum Gasteiger partial charge on any atom is -0.496 e. The number of hydrogen-bond donors (Lipinski definition) is 1. The molecule has 20 heavy (non-hydrogen) atoms. The summed E-state index contributed by atoms with van der Waals surface area (Å²) in [6, 6.07) is 11.2. The van der Waals surface area contributed by atoms with E-state index in [0.29, 0.717) is 17.7 Å². The molecule has 104 valence electrons. The van der Waals surface area contributed by atoms with Crippen molar-refractivity contribution in [2.24, 2.45) is 5.73 Å². The van der Waals surface area contributed by atoms with Gasteiger partial charge in [0.25, 0.3) is 0 Å². The van der Waals surface area contributed by atoms with Gasteiger partial charge in [0, 0.05) is 17.7 Å². The highest BCUT2D eigenvalue weighted by molar-refractivity contribution is 6.10. The molecule has 0 amide bonds. The van der Waals surface area contributed by atoms with Crippen LogP contribution in [0.15, 0.2) is 36.4 Å². The highest BCUT2D eigenvalue weighted by Crippen LogP contribution is 2.24. The Labute approximate surface area is 119 Å². The van der Waals surface area contributed by atoms with Crippen LogP contribution in [-0.4, -0.2) is 12.9 Å². The lowest BCUT2D eigenvalue weighted by molar-refractivity contribution is 0.103. The number of ketones is 1. The predicted molar refractivity (Wildman–Crippen MR) is 80.2 cm³/mol. The number of nitrogens with two attached hydrogens (primary N) is 1. The Kier molecular flexibility index (Phi) is 4.20. The summed E-state index contributed by atoms with van der Waals surface area (Å²) in [5, 5.41) is 0. The highest BCUT2D eigenvalue weighted by Gasteiger charge is 2.14. The molecule has 0 unspecified atom stereocenters. The standard InChI is InChI=1S/C17H19NO2/c1-11-8-16(20-3)12(2)7-15(11)17(19)14-6-4-5-13(9-14)10-18/h4-9H,10,18H2,1-3H3. The van der Waals surface area contributed by atoms with Crippen LogP contribution >= 0.6 is 0 Å². The van der Waals surface area contributed by atoms with Crippen molar-refractivity contribution >= 4 is 5.78 Å². The summed E-state index contributed by atoms with van der Waals surface area (Å²) in [5.74, 6) is 0.818. The van der Waals surface area contributed by atoms with Gasteiger partial charge in [0.05, 0.1) is 7.11 Å². The number of carbonyl (C=O) groups is 1. The summed E-state index contributed by atoms with van der Waals surface area (Å²) in [6.45, 7) is 4.29. The zero-order valence-electron chi connectivity index (χ0n) is 12.1. The predicted octanol–water partition coefficient (Wildman–Crippen LogP) is 3.00. The van der Waals surface area contributed by atoms with E-state index in [9.17, 15) is 4.79 Å². The van der Waals surface area contributed by atoms with Crippen molar-refractivity contribution in [1.29, 1.82) is 0 Å². The van der Waals surface area contributed by atoms with E-state index >= 15 is 0 Å². The molecular weight excluding hydrogens is 250 g/mol. The number of ether oxygens (including phenoxy) is 1. The molecule has 3 heteroatoms. The first-order chi connectivity index (χ1) is 9.56. The van der Waals surface area contributed by atoms with Gasteiger partial charge in [-0.1, -0.05) is 18.2 Å². The summed E-state index contributed by atoms with van der Waals surface area (Å²) in [5.41, 5.74) is 9.82. The molecule has 2 aromatic rings. The van der Waals surface area contributed by atoms with Gasteiger partial charge in [-0.2, -0.15) is 0 Å². The third-order valence-corrected chi connectivity index (χ3v) is 3.41. The summed E-state index contributed by atoms with van der Waals surface area (Å²) in [4.78, 5) is 12.6. The minimum atomic E-state index is 0.0172. The lowest BCUT2D eigenvalue weighted by Gasteiger charge is -2.11. The number of methoxy groups -OCH3 is 1. The van der Waals surface area contributed by atoms with Crippen LogP contribution in [0.5, 0.6) is 5.75 Å². The van der Waals surface area contributed by atoms with Crippen molar-refractivity contribution in [3.8, 4) is 5.75 Å². The van der Waals surface area contributed by atoms with Crippen molar-refractivity contribution < 1.29 is 9.53 Å². The van der Waals surface area contributed by atoms with Crippen LogP contribution in [0.4, 0.5) is 0 Å². The van der Waals surface area contributed by atoms with Gasteiger partial charge in [-0.15, -0.1) is 0 Å². The van der Waals surface area contributed by atoms with Crippen LogP contribution in [0.1, 0.15) is 32.6 Å². The van der Waals surface area contributed by atoms with Crippen LogP contribution in [0.3, 0.4) is 0 Å². The Morgan fingerprint density at radius 3 is 2.55 bits per heavy atom. The zero-order valence-corrected chi connectivity index (χ0v) is 12.1. The van der Waals surface area contributed by atoms with Gasteiger partial charge in [-0.05, 0) is 48.7 Å². The second-order valence-electron chi connectivity index (χ2n) is 4.87. The van der Waals surface area contributed by atoms with Crippen molar-refractivity contribution in [2.45, 2.75) is 20.4 Å². The summed E-state index contributed by atoms with van der Waals surface area (Å²) < 4.78 is 5.27. The second-order valence-corrected chi connectivity index (χ2v) is 4.87. The Balaban J connectivity index is 2.45. The molecule has 2 aromatic carbocycles. The smallest absolute Gasteiger partial charge is 0.193 e. The van der Waals surface area contributed by atoms with E-state index in [2.05, 4.69) is 0 Å². The first-order valence-electron chi connectivity index (χ1n) is 6.55. The maximum Gasteiger partial charge on any atom is 0.193 e. The lowest BCUT2D eigenvalue weighted by atomic mass is 9.96. The Bertz CT molecular complexity index is 647. The zero-order chi connectivity index (χ0) is 14.7. The molecule has 2 rings (SSSR count). The van der Waals surface area contributed by atoms with Crippen LogP contribution < -0.4 is 10.5 Å². The van der Waals surface area contributed by atoms with Crippen LogP contribution in [0.25, 0.3) is 0 Å². The number of carbonyl (C=O) groups excluding carboxylic acids is 1. The molecule has 0 bridgehead atoms. The number of aryl methyl sites for hydroxylation is 2. The van der Waals surface area contributed by atoms with E-state index in [4.69, 9.17) is 10.5 Å². The Hall–Kier alpha value is -2.13. The van der Waals surface area contributed by atoms with E-state index in [0.717, 1.165) is 22.4 Å². The van der Waals surface area contributed by atoms with E-state index in [1.54, 1.807) is 7.11 Å². The van der Waals surface area contributed by atoms with Crippen molar-refractivity contribution in [3.05, 3.63) is 64.2 Å². The molecule has 0 fully saturated rings. The molecule has 0 aliphatic carbocycles. The molecule has 3 nitrogen and oxygen atoms in total. The second kappa shape index (κ2) is 5.88. The quantitative estimate of drug-likeness (QED) is 0.868. The average Bonchev–Trinajstić information content (AvgIpc) is 2.48. The fraction of sp³-hybridized carbons (Fsp3) is 0.235. The van der Waals surface area contributed by atoms with E-state index in [1.807, 2.05) is 50.2 Å². The SMILES string of the molecule is COc1cc(C)c(C(=O)c2cccc(CN)c2)cc1C. The van der Waals surface area contributed by atoms with Gasteiger partial charge < -0.3 is 10.5 Å². The molecule has 0 atom stereocenters. The minimum absolute atomic E-state index is 0.0172. The van der Waals surface area contributed by atoms with Crippen LogP contribution in [0.2, 0.25) is 0 Å². The third kappa shape index (κ3) is 2.73. The van der Waals surface area contributed by atoms with Gasteiger partial charge in [0.2, 0.25) is 0 Å². The molecule has 0 aliphatic rings. The molecule has 0 saturated carbocycles. The van der Waals surface area contributed by atoms with Gasteiger partial charge in [0.1, 0.15) is 5.75 Å². The highest BCUT2D eigenvalue weighted by atomic mass is 16.5. The molecule has 0 radical (unpaired) electrons. The Morgan fingerprint density at radius 2 is 1.90 bits per heavy atom. The fourth-order valence-corrected chi connectivity index (χ4v) is 2.25. The van der Waals surface area contributed by atoms with E-state index in [-0.39, 0.29) is 5.78 Å². The topological polar surface area (TPSA) is 52.3 Å². The summed E-state index contributed by atoms with van der Waals surface area (Å²) in [6.07, 6.45) is 0. The first-order valence-corrected chi connectivity index (χ1v) is 6.55. The van der Waals surface area contributed by atoms with E-state index < -0.39 is 0 Å². The molecule has 2 N–H and O–H groups in total. The monoisotopic (exact) mass is 269 g/mol. The third-order valence-electron chi connectivity index (χ3n) is 3.41. The van der Waals surface area contributed by atoms with Crippen molar-refractivity contribution in [1.82, 2.24) is 0 Å². The maximum absolute atomic E-state index is 12.6. The van der Waals surface area contributed by atoms with Crippen molar-refractivity contribution in [2.75, 3.05) is 7.11 Å². The van der Waals surface area contributed by atoms with Crippen molar-refractivity contribution in [3.63, 3.8) is 0 Å². The molecule has 0 heterocycles. The van der Waals surface area contributed by atoms with Crippen LogP contribution in [-0.2, 0) is 6.54 Å². The lowest BCUT2D eigenvalue weighted by Crippen LogP contribution is -2.06. The first kappa shape index (κ1) is 14.3. The largest absolute Gasteiger partial charge is 0.496 e. The van der Waals surface area contributed by atoms with Crippen LogP contribution in [0, 0.1) is 13.8 Å². The van der Waals surface area contributed by atoms with E-state index in [1.165, 1.54) is 0 Å². The summed E-state index contributed by atoms with van der Waals surface area (Å²) >= 11 is 0. The number of hydrogen-bond acceptors (Lipinski definition) is 3.